The van der Waals surface area contributed by atoms with E-state index in [0.29, 0.717) is 6.54 Å². The highest BCUT2D eigenvalue weighted by atomic mass is 79.9. The second kappa shape index (κ2) is 5.35. The van der Waals surface area contributed by atoms with Gasteiger partial charge in [-0.25, -0.2) is 0 Å². The number of halogens is 1. The summed E-state index contributed by atoms with van der Waals surface area (Å²) >= 11 is 3.41. The van der Waals surface area contributed by atoms with Crippen molar-refractivity contribution in [3.8, 4) is 0 Å². The van der Waals surface area contributed by atoms with Gasteiger partial charge in [0.2, 0.25) is 0 Å². The molecule has 1 aromatic carbocycles. The molecular weight excluding hydrogens is 298 g/mol. The number of carbonyl (C=O) groups excluding carboxylic acids is 2. The van der Waals surface area contributed by atoms with Crippen LogP contribution >= 0.6 is 15.9 Å². The van der Waals surface area contributed by atoms with Gasteiger partial charge in [-0.15, -0.1) is 0 Å². The Morgan fingerprint density at radius 2 is 2.11 bits per heavy atom. The Morgan fingerprint density at radius 1 is 1.39 bits per heavy atom. The van der Waals surface area contributed by atoms with Crippen molar-refractivity contribution in [1.82, 2.24) is 0 Å². The normalized spacial score (nSPS) is 13.7. The lowest BCUT2D eigenvalue weighted by Crippen LogP contribution is -2.37. The molecule has 1 aromatic rings. The third kappa shape index (κ3) is 2.79. The van der Waals surface area contributed by atoms with Crippen LogP contribution in [-0.4, -0.2) is 25.0 Å². The maximum atomic E-state index is 12.0. The molecule has 4 nitrogen and oxygen atoms in total. The molecule has 0 fully saturated rings. The number of esters is 1. The smallest absolute Gasteiger partial charge is 0.303 e. The Labute approximate surface area is 113 Å². The minimum absolute atomic E-state index is 0.232. The number of hydrogen-bond donors (Lipinski definition) is 0. The molecule has 1 aliphatic rings. The van der Waals surface area contributed by atoms with E-state index < -0.39 is 5.97 Å². The summed E-state index contributed by atoms with van der Waals surface area (Å²) in [6, 6.07) is 7.59. The van der Waals surface area contributed by atoms with E-state index >= 15 is 0 Å². The second-order valence-electron chi connectivity index (χ2n) is 3.91. The number of ether oxygens (including phenoxy) is 1. The number of anilines is 1. The SMILES string of the molecule is CC(=O)OCC(=O)N1CC(Br)=Cc2ccccc21. The first kappa shape index (κ1) is 12.8. The van der Waals surface area contributed by atoms with Crippen LogP contribution in [0.3, 0.4) is 0 Å². The Balaban J connectivity index is 2.22. The van der Waals surface area contributed by atoms with Crippen molar-refractivity contribution in [2.45, 2.75) is 6.92 Å². The first-order valence-electron chi connectivity index (χ1n) is 5.47. The zero-order chi connectivity index (χ0) is 13.1. The topological polar surface area (TPSA) is 46.6 Å². The van der Waals surface area contributed by atoms with Gasteiger partial charge in [0.05, 0.1) is 12.2 Å². The average molecular weight is 310 g/mol. The highest BCUT2D eigenvalue weighted by Gasteiger charge is 2.22. The van der Waals surface area contributed by atoms with E-state index in [1.165, 1.54) is 6.92 Å². The van der Waals surface area contributed by atoms with Crippen molar-refractivity contribution in [1.29, 1.82) is 0 Å². The summed E-state index contributed by atoms with van der Waals surface area (Å²) in [5.41, 5.74) is 1.80. The average Bonchev–Trinajstić information content (AvgIpc) is 2.34. The minimum Gasteiger partial charge on any atom is -0.456 e. The number of para-hydroxylation sites is 1. The Kier molecular flexibility index (Phi) is 3.81. The summed E-state index contributed by atoms with van der Waals surface area (Å²) in [5, 5.41) is 0. The van der Waals surface area contributed by atoms with Crippen LogP contribution in [0.25, 0.3) is 6.08 Å². The van der Waals surface area contributed by atoms with Gasteiger partial charge in [0.25, 0.3) is 5.91 Å². The molecule has 94 valence electrons. The van der Waals surface area contributed by atoms with E-state index in [4.69, 9.17) is 4.74 Å². The summed E-state index contributed by atoms with van der Waals surface area (Å²) in [5.74, 6) is -0.689. The molecule has 0 radical (unpaired) electrons. The predicted molar refractivity (Wildman–Crippen MR) is 72.3 cm³/mol. The van der Waals surface area contributed by atoms with Crippen LogP contribution in [0.1, 0.15) is 12.5 Å². The molecule has 1 heterocycles. The van der Waals surface area contributed by atoms with Crippen molar-refractivity contribution in [3.63, 3.8) is 0 Å². The zero-order valence-corrected chi connectivity index (χ0v) is 11.4. The minimum atomic E-state index is -0.455. The van der Waals surface area contributed by atoms with Gasteiger partial charge in [-0.3, -0.25) is 9.59 Å². The molecule has 2 rings (SSSR count). The van der Waals surface area contributed by atoms with Crippen molar-refractivity contribution < 1.29 is 14.3 Å². The summed E-state index contributed by atoms with van der Waals surface area (Å²) < 4.78 is 5.66. The maximum Gasteiger partial charge on any atom is 0.303 e. The summed E-state index contributed by atoms with van der Waals surface area (Å²) in [7, 11) is 0. The number of benzene rings is 1. The van der Waals surface area contributed by atoms with Crippen molar-refractivity contribution in [2.24, 2.45) is 0 Å². The zero-order valence-electron chi connectivity index (χ0n) is 9.85. The fraction of sp³-hybridized carbons (Fsp3) is 0.231. The van der Waals surface area contributed by atoms with Gasteiger partial charge in [0, 0.05) is 11.4 Å². The molecule has 0 spiro atoms. The van der Waals surface area contributed by atoms with Crippen LogP contribution in [0, 0.1) is 0 Å². The monoisotopic (exact) mass is 309 g/mol. The molecule has 0 unspecified atom stereocenters. The number of nitrogens with zero attached hydrogens (tertiary/aromatic N) is 1. The molecule has 1 aliphatic heterocycles. The lowest BCUT2D eigenvalue weighted by Gasteiger charge is -2.27. The van der Waals surface area contributed by atoms with E-state index in [0.717, 1.165) is 15.7 Å². The lowest BCUT2D eigenvalue weighted by molar-refractivity contribution is -0.145. The Morgan fingerprint density at radius 3 is 2.83 bits per heavy atom. The second-order valence-corrected chi connectivity index (χ2v) is 4.93. The first-order valence-corrected chi connectivity index (χ1v) is 6.26. The summed E-state index contributed by atoms with van der Waals surface area (Å²) in [6.45, 7) is 1.51. The summed E-state index contributed by atoms with van der Waals surface area (Å²) in [6.07, 6.45) is 1.98. The van der Waals surface area contributed by atoms with E-state index in [-0.39, 0.29) is 12.5 Å². The van der Waals surface area contributed by atoms with E-state index in [1.807, 2.05) is 30.3 Å². The van der Waals surface area contributed by atoms with E-state index in [2.05, 4.69) is 15.9 Å². The third-order valence-electron chi connectivity index (χ3n) is 2.55. The highest BCUT2D eigenvalue weighted by Crippen LogP contribution is 2.30. The first-order chi connectivity index (χ1) is 8.58. The maximum absolute atomic E-state index is 12.0. The van der Waals surface area contributed by atoms with Gasteiger partial charge in [-0.1, -0.05) is 34.1 Å². The van der Waals surface area contributed by atoms with Crippen LogP contribution in [0.15, 0.2) is 28.7 Å². The molecule has 1 amide bonds. The van der Waals surface area contributed by atoms with Crippen molar-refractivity contribution in [2.75, 3.05) is 18.1 Å². The van der Waals surface area contributed by atoms with Crippen LogP contribution in [0.4, 0.5) is 5.69 Å². The molecule has 0 saturated heterocycles. The van der Waals surface area contributed by atoms with Gasteiger partial charge in [-0.2, -0.15) is 0 Å². The number of hydrogen-bond acceptors (Lipinski definition) is 3. The van der Waals surface area contributed by atoms with Gasteiger partial charge in [0.15, 0.2) is 6.61 Å². The number of carbonyl (C=O) groups is 2. The van der Waals surface area contributed by atoms with Gasteiger partial charge in [-0.05, 0) is 17.7 Å². The van der Waals surface area contributed by atoms with E-state index in [9.17, 15) is 9.59 Å². The Bertz CT molecular complexity index is 525. The largest absolute Gasteiger partial charge is 0.456 e. The molecular formula is C13H12BrNO3. The quantitative estimate of drug-likeness (QED) is 0.788. The molecule has 18 heavy (non-hydrogen) atoms. The summed E-state index contributed by atoms with van der Waals surface area (Å²) in [4.78, 5) is 24.3. The number of fused-ring (bicyclic) bond motifs is 1. The van der Waals surface area contributed by atoms with Gasteiger partial charge >= 0.3 is 5.97 Å². The lowest BCUT2D eigenvalue weighted by atomic mass is 10.1. The van der Waals surface area contributed by atoms with Crippen LogP contribution in [0.2, 0.25) is 0 Å². The Hall–Kier alpha value is -1.62. The van der Waals surface area contributed by atoms with Crippen molar-refractivity contribution >= 4 is 39.6 Å². The molecule has 0 saturated carbocycles. The van der Waals surface area contributed by atoms with Gasteiger partial charge in [0.1, 0.15) is 0 Å². The highest BCUT2D eigenvalue weighted by molar-refractivity contribution is 9.11. The fourth-order valence-electron chi connectivity index (χ4n) is 1.77. The predicted octanol–water partition coefficient (Wildman–Crippen LogP) is 2.33. The van der Waals surface area contributed by atoms with E-state index in [1.54, 1.807) is 4.90 Å². The number of amides is 1. The standard InChI is InChI=1S/C13H12BrNO3/c1-9(16)18-8-13(17)15-7-11(14)6-10-4-2-3-5-12(10)15/h2-6H,7-8H2,1H3. The molecule has 0 aromatic heterocycles. The van der Waals surface area contributed by atoms with Crippen LogP contribution in [-0.2, 0) is 14.3 Å². The molecule has 0 bridgehead atoms. The fourth-order valence-corrected chi connectivity index (χ4v) is 2.27. The molecule has 0 N–H and O–H groups in total. The molecule has 0 atom stereocenters. The van der Waals surface area contributed by atoms with Crippen LogP contribution in [0.5, 0.6) is 0 Å². The van der Waals surface area contributed by atoms with Gasteiger partial charge < -0.3 is 9.64 Å². The third-order valence-corrected chi connectivity index (χ3v) is 3.03. The van der Waals surface area contributed by atoms with Crippen LogP contribution < -0.4 is 4.90 Å². The molecule has 0 aliphatic carbocycles. The van der Waals surface area contributed by atoms with Crippen molar-refractivity contribution in [3.05, 3.63) is 34.3 Å². The molecule has 5 heteroatoms. The number of rotatable bonds is 2.